The summed E-state index contributed by atoms with van der Waals surface area (Å²) in [4.78, 5) is -1.14. The lowest BCUT2D eigenvalue weighted by Gasteiger charge is -2.14. The lowest BCUT2D eigenvalue weighted by Crippen LogP contribution is -1.99. The van der Waals surface area contributed by atoms with Crippen LogP contribution in [0.5, 0.6) is 11.5 Å². The van der Waals surface area contributed by atoms with Crippen LogP contribution in [0, 0.1) is 0 Å². The number of hydrogen-bond donors (Lipinski definition) is 4. The van der Waals surface area contributed by atoms with E-state index in [1.807, 2.05) is 26.0 Å². The quantitative estimate of drug-likeness (QED) is 0.0839. The smallest absolute Gasteiger partial charge is 0.296 e. The van der Waals surface area contributed by atoms with E-state index in [1.54, 1.807) is 72.8 Å². The van der Waals surface area contributed by atoms with Crippen molar-refractivity contribution in [1.29, 1.82) is 0 Å². The predicted molar refractivity (Wildman–Crippen MR) is 190 cm³/mol. The molecule has 6 rings (SSSR count). The SMILES string of the molecule is CCc1cc(/N=N/c2c(S(=O)(=O)O)cc3ccccc3c2O)ccc1-c1ccc(/N=N/c2c(S(=O)(=O)O)cc3ccccc3c2O)cc1CC. The zero-order chi connectivity index (χ0) is 35.8. The Hall–Kier alpha value is -5.54. The van der Waals surface area contributed by atoms with E-state index >= 15 is 0 Å². The summed E-state index contributed by atoms with van der Waals surface area (Å²) >= 11 is 0. The van der Waals surface area contributed by atoms with Gasteiger partial charge in [0.2, 0.25) is 0 Å². The highest BCUT2D eigenvalue weighted by molar-refractivity contribution is 7.86. The van der Waals surface area contributed by atoms with Gasteiger partial charge in [0.15, 0.2) is 11.5 Å². The molecule has 0 aromatic heterocycles. The van der Waals surface area contributed by atoms with Crippen molar-refractivity contribution in [2.75, 3.05) is 0 Å². The first-order valence-electron chi connectivity index (χ1n) is 15.3. The minimum atomic E-state index is -4.74. The number of hydrogen-bond acceptors (Lipinski definition) is 10. The van der Waals surface area contributed by atoms with Crippen LogP contribution in [0.1, 0.15) is 25.0 Å². The molecule has 254 valence electrons. The highest BCUT2D eigenvalue weighted by Gasteiger charge is 2.23. The lowest BCUT2D eigenvalue weighted by atomic mass is 9.92. The molecule has 0 heterocycles. The summed E-state index contributed by atoms with van der Waals surface area (Å²) in [6.45, 7) is 3.92. The molecule has 0 saturated heterocycles. The van der Waals surface area contributed by atoms with Crippen molar-refractivity contribution in [3.8, 4) is 22.6 Å². The second kappa shape index (κ2) is 13.4. The summed E-state index contributed by atoms with van der Waals surface area (Å²) in [5, 5.41) is 39.7. The number of phenolic OH excluding ortho intramolecular Hbond substituents is 2. The van der Waals surface area contributed by atoms with Gasteiger partial charge < -0.3 is 10.2 Å². The fourth-order valence-corrected chi connectivity index (χ4v) is 7.10. The zero-order valence-electron chi connectivity index (χ0n) is 26.7. The van der Waals surface area contributed by atoms with Crippen molar-refractivity contribution in [3.63, 3.8) is 0 Å². The van der Waals surface area contributed by atoms with Gasteiger partial charge in [-0.15, -0.1) is 10.2 Å². The Kier molecular flexibility index (Phi) is 9.20. The molecule has 12 nitrogen and oxygen atoms in total. The van der Waals surface area contributed by atoms with Crippen molar-refractivity contribution in [2.24, 2.45) is 20.5 Å². The van der Waals surface area contributed by atoms with E-state index in [9.17, 15) is 36.2 Å². The monoisotopic (exact) mass is 710 g/mol. The Morgan fingerprint density at radius 2 is 0.900 bits per heavy atom. The van der Waals surface area contributed by atoms with Crippen LogP contribution in [0.25, 0.3) is 32.7 Å². The van der Waals surface area contributed by atoms with Crippen LogP contribution in [-0.4, -0.2) is 36.2 Å². The third-order valence-corrected chi connectivity index (χ3v) is 9.97. The van der Waals surface area contributed by atoms with Crippen molar-refractivity contribution in [2.45, 2.75) is 36.5 Å². The van der Waals surface area contributed by atoms with E-state index in [0.29, 0.717) is 45.8 Å². The molecule has 0 amide bonds. The number of azo groups is 2. The molecule has 0 radical (unpaired) electrons. The Morgan fingerprint density at radius 1 is 0.520 bits per heavy atom. The fourth-order valence-electron chi connectivity index (χ4n) is 5.78. The van der Waals surface area contributed by atoms with Gasteiger partial charge in [-0.05, 0) is 82.3 Å². The Morgan fingerprint density at radius 3 is 1.26 bits per heavy atom. The van der Waals surface area contributed by atoms with E-state index in [2.05, 4.69) is 20.5 Å². The summed E-state index contributed by atoms with van der Waals surface area (Å²) < 4.78 is 68.4. The van der Waals surface area contributed by atoms with Crippen LogP contribution in [-0.2, 0) is 33.1 Å². The number of rotatable bonds is 9. The Labute approximate surface area is 287 Å². The predicted octanol–water partition coefficient (Wildman–Crippen LogP) is 9.52. The van der Waals surface area contributed by atoms with E-state index < -0.39 is 41.5 Å². The molecule has 0 atom stereocenters. The van der Waals surface area contributed by atoms with Crippen LogP contribution in [0.2, 0.25) is 0 Å². The maximum atomic E-state index is 12.2. The number of fused-ring (bicyclic) bond motifs is 2. The average Bonchev–Trinajstić information content (AvgIpc) is 3.09. The minimum absolute atomic E-state index is 0.349. The first-order valence-corrected chi connectivity index (χ1v) is 18.2. The van der Waals surface area contributed by atoms with Crippen molar-refractivity contribution in [3.05, 3.63) is 108 Å². The molecule has 0 aliphatic rings. The molecule has 6 aromatic rings. The largest absolute Gasteiger partial charge is 0.505 e. The van der Waals surface area contributed by atoms with Gasteiger partial charge in [-0.1, -0.05) is 74.5 Å². The first-order chi connectivity index (χ1) is 23.8. The molecule has 0 fully saturated rings. The molecule has 6 aromatic carbocycles. The van der Waals surface area contributed by atoms with Crippen molar-refractivity contribution >= 4 is 64.5 Å². The van der Waals surface area contributed by atoms with E-state index in [-0.39, 0.29) is 11.4 Å². The van der Waals surface area contributed by atoms with Crippen LogP contribution < -0.4 is 0 Å². The van der Waals surface area contributed by atoms with Crippen LogP contribution >= 0.6 is 0 Å². The molecular weight excluding hydrogens is 681 g/mol. The normalized spacial score (nSPS) is 12.5. The summed E-state index contributed by atoms with van der Waals surface area (Å²) in [6.07, 6.45) is 1.20. The van der Waals surface area contributed by atoms with Gasteiger partial charge in [0.05, 0.1) is 11.4 Å². The van der Waals surface area contributed by atoms with Gasteiger partial charge in [-0.25, -0.2) is 0 Å². The highest BCUT2D eigenvalue weighted by atomic mass is 32.2. The second-order valence-corrected chi connectivity index (χ2v) is 14.1. The van der Waals surface area contributed by atoms with Gasteiger partial charge in [-0.2, -0.15) is 27.1 Å². The molecular formula is C36H30N4O8S2. The highest BCUT2D eigenvalue weighted by Crippen LogP contribution is 2.43. The average molecular weight is 711 g/mol. The maximum Gasteiger partial charge on any atom is 0.296 e. The van der Waals surface area contributed by atoms with E-state index in [4.69, 9.17) is 0 Å². The van der Waals surface area contributed by atoms with Gasteiger partial charge in [-0.3, -0.25) is 9.11 Å². The standard InChI is InChI=1S/C36H30N4O8S2/c1-3-21-17-25(37-39-33-31(49(43,44)45)19-23-9-5-7-11-29(23)35(33)41)13-15-27(21)28-16-14-26(18-22(28)4-2)38-40-34-32(50(46,47)48)20-24-10-6-8-12-30(24)36(34)42/h5-20,41-42H,3-4H2,1-2H3,(H,43,44,45)(H,46,47,48)/b39-37+,40-38+. The molecule has 0 aliphatic heterocycles. The molecule has 0 bridgehead atoms. The zero-order valence-corrected chi connectivity index (χ0v) is 28.3. The summed E-state index contributed by atoms with van der Waals surface area (Å²) in [7, 11) is -9.47. The summed E-state index contributed by atoms with van der Waals surface area (Å²) in [5.74, 6) is -0.858. The molecule has 4 N–H and O–H groups in total. The Bertz CT molecular complexity index is 2420. The number of benzene rings is 6. The van der Waals surface area contributed by atoms with Gasteiger partial charge in [0, 0.05) is 10.8 Å². The number of aryl methyl sites for hydroxylation is 2. The summed E-state index contributed by atoms with van der Waals surface area (Å²) in [6, 6.07) is 26.2. The maximum absolute atomic E-state index is 12.2. The topological polar surface area (TPSA) is 199 Å². The van der Waals surface area contributed by atoms with E-state index in [0.717, 1.165) is 22.3 Å². The van der Waals surface area contributed by atoms with Crippen LogP contribution in [0.15, 0.2) is 127 Å². The van der Waals surface area contributed by atoms with Crippen molar-refractivity contribution in [1.82, 2.24) is 0 Å². The lowest BCUT2D eigenvalue weighted by molar-refractivity contribution is 0.471. The molecule has 0 unspecified atom stereocenters. The molecule has 50 heavy (non-hydrogen) atoms. The number of nitrogens with zero attached hydrogens (tertiary/aromatic N) is 4. The van der Waals surface area contributed by atoms with Crippen molar-refractivity contribution < 1.29 is 36.2 Å². The van der Waals surface area contributed by atoms with Crippen LogP contribution in [0.3, 0.4) is 0 Å². The molecule has 0 saturated carbocycles. The first kappa shape index (κ1) is 34.3. The van der Waals surface area contributed by atoms with Gasteiger partial charge in [0.25, 0.3) is 20.2 Å². The minimum Gasteiger partial charge on any atom is -0.505 e. The van der Waals surface area contributed by atoms with Gasteiger partial charge in [0.1, 0.15) is 21.2 Å². The number of aromatic hydroxyl groups is 2. The molecule has 0 aliphatic carbocycles. The van der Waals surface area contributed by atoms with Gasteiger partial charge >= 0.3 is 0 Å². The third-order valence-electron chi connectivity index (χ3n) is 8.24. The fraction of sp³-hybridized carbons (Fsp3) is 0.111. The molecule has 14 heteroatoms. The second-order valence-electron chi connectivity index (χ2n) is 11.3. The van der Waals surface area contributed by atoms with E-state index in [1.165, 1.54) is 12.1 Å². The summed E-state index contributed by atoms with van der Waals surface area (Å²) in [5.41, 5.74) is 3.56. The number of phenols is 2. The Balaban J connectivity index is 1.35. The van der Waals surface area contributed by atoms with Crippen LogP contribution in [0.4, 0.5) is 22.7 Å². The molecule has 0 spiro atoms. The third kappa shape index (κ3) is 6.69.